The Labute approximate surface area is 146 Å². The van der Waals surface area contributed by atoms with Gasteiger partial charge in [0, 0.05) is 38.4 Å². The van der Waals surface area contributed by atoms with Crippen LogP contribution in [0.3, 0.4) is 0 Å². The number of benzene rings is 2. The normalized spacial score (nSPS) is 16.0. The number of hydrogen-bond donors (Lipinski definition) is 1. The van der Waals surface area contributed by atoms with E-state index in [1.165, 1.54) is 5.69 Å². The van der Waals surface area contributed by atoms with Gasteiger partial charge in [0.25, 0.3) is 0 Å². The van der Waals surface area contributed by atoms with Crippen LogP contribution in [0.15, 0.2) is 48.5 Å². The number of piperazine rings is 1. The first-order chi connectivity index (χ1) is 12.3. The van der Waals surface area contributed by atoms with E-state index in [1.54, 1.807) is 0 Å². The lowest BCUT2D eigenvalue weighted by molar-refractivity contribution is 0.174. The topological polar surface area (TPSA) is 54.0 Å². The molecular formula is C19H21N3O3. The molecule has 1 fully saturated rings. The molecule has 0 bridgehead atoms. The zero-order valence-corrected chi connectivity index (χ0v) is 14.0. The third-order valence-corrected chi connectivity index (χ3v) is 4.57. The van der Waals surface area contributed by atoms with E-state index in [0.29, 0.717) is 6.54 Å². The van der Waals surface area contributed by atoms with Gasteiger partial charge in [-0.25, -0.2) is 4.79 Å². The standard InChI is InChI=1S/C19H21N3O3/c23-19(20-13-15-6-7-17-18(12-15)25-14-24-17)22-10-8-21(9-11-22)16-4-2-1-3-5-16/h1-7,12H,8-11,13-14H2,(H,20,23). The molecule has 2 amide bonds. The predicted molar refractivity (Wildman–Crippen MR) is 95.0 cm³/mol. The zero-order chi connectivity index (χ0) is 17.1. The van der Waals surface area contributed by atoms with E-state index in [9.17, 15) is 4.79 Å². The molecule has 4 rings (SSSR count). The summed E-state index contributed by atoms with van der Waals surface area (Å²) in [6.45, 7) is 3.89. The van der Waals surface area contributed by atoms with Crippen molar-refractivity contribution >= 4 is 11.7 Å². The number of urea groups is 1. The second-order valence-electron chi connectivity index (χ2n) is 6.16. The lowest BCUT2D eigenvalue weighted by atomic mass is 10.2. The summed E-state index contributed by atoms with van der Waals surface area (Å²) in [4.78, 5) is 16.6. The number of nitrogens with one attached hydrogen (secondary N) is 1. The molecule has 6 heteroatoms. The molecule has 2 aromatic carbocycles. The summed E-state index contributed by atoms with van der Waals surface area (Å²) in [5.74, 6) is 1.50. The van der Waals surface area contributed by atoms with Gasteiger partial charge in [-0.15, -0.1) is 0 Å². The van der Waals surface area contributed by atoms with E-state index in [-0.39, 0.29) is 12.8 Å². The van der Waals surface area contributed by atoms with Crippen LogP contribution in [0.5, 0.6) is 11.5 Å². The van der Waals surface area contributed by atoms with E-state index in [2.05, 4.69) is 22.3 Å². The Balaban J connectivity index is 1.28. The highest BCUT2D eigenvalue weighted by Gasteiger charge is 2.21. The maximum absolute atomic E-state index is 12.4. The minimum absolute atomic E-state index is 0.0228. The van der Waals surface area contributed by atoms with Crippen LogP contribution in [0.25, 0.3) is 0 Å². The highest BCUT2D eigenvalue weighted by atomic mass is 16.7. The minimum atomic E-state index is -0.0228. The molecule has 25 heavy (non-hydrogen) atoms. The summed E-state index contributed by atoms with van der Waals surface area (Å²) in [6, 6.07) is 16.0. The number of nitrogens with zero attached hydrogens (tertiary/aromatic N) is 2. The molecule has 2 aromatic rings. The summed E-state index contributed by atoms with van der Waals surface area (Å²) in [6.07, 6.45) is 0. The molecule has 2 aliphatic rings. The third kappa shape index (κ3) is 3.47. The molecule has 0 saturated carbocycles. The van der Waals surface area contributed by atoms with E-state index in [1.807, 2.05) is 41.3 Å². The van der Waals surface area contributed by atoms with Crippen LogP contribution in [0, 0.1) is 0 Å². The van der Waals surface area contributed by atoms with Gasteiger partial charge in [0.1, 0.15) is 0 Å². The molecule has 2 aliphatic heterocycles. The van der Waals surface area contributed by atoms with Gasteiger partial charge in [0.2, 0.25) is 6.79 Å². The van der Waals surface area contributed by atoms with Crippen LogP contribution in [-0.2, 0) is 6.54 Å². The van der Waals surface area contributed by atoms with Crippen molar-refractivity contribution in [1.29, 1.82) is 0 Å². The molecule has 0 atom stereocenters. The molecule has 0 aromatic heterocycles. The van der Waals surface area contributed by atoms with Crippen LogP contribution < -0.4 is 19.7 Å². The number of rotatable bonds is 3. The summed E-state index contributed by atoms with van der Waals surface area (Å²) in [7, 11) is 0. The number of fused-ring (bicyclic) bond motifs is 1. The fourth-order valence-corrected chi connectivity index (χ4v) is 3.15. The van der Waals surface area contributed by atoms with Gasteiger partial charge in [-0.1, -0.05) is 24.3 Å². The molecule has 2 heterocycles. The SMILES string of the molecule is O=C(NCc1ccc2c(c1)OCO2)N1CCN(c2ccccc2)CC1. The summed E-state index contributed by atoms with van der Waals surface area (Å²) >= 11 is 0. The fraction of sp³-hybridized carbons (Fsp3) is 0.316. The van der Waals surface area contributed by atoms with Gasteiger partial charge in [-0.3, -0.25) is 0 Å². The van der Waals surface area contributed by atoms with Crippen LogP contribution >= 0.6 is 0 Å². The molecule has 130 valence electrons. The highest BCUT2D eigenvalue weighted by molar-refractivity contribution is 5.74. The molecule has 0 radical (unpaired) electrons. The average molecular weight is 339 g/mol. The third-order valence-electron chi connectivity index (χ3n) is 4.57. The second kappa shape index (κ2) is 6.93. The first-order valence-electron chi connectivity index (χ1n) is 8.51. The zero-order valence-electron chi connectivity index (χ0n) is 14.0. The number of carbonyl (C=O) groups excluding carboxylic acids is 1. The Morgan fingerprint density at radius 2 is 1.72 bits per heavy atom. The molecular weight excluding hydrogens is 318 g/mol. The summed E-state index contributed by atoms with van der Waals surface area (Å²) in [5.41, 5.74) is 2.21. The van der Waals surface area contributed by atoms with Crippen LogP contribution in [0.2, 0.25) is 0 Å². The number of carbonyl (C=O) groups is 1. The number of anilines is 1. The van der Waals surface area contributed by atoms with Crippen molar-refractivity contribution < 1.29 is 14.3 Å². The Hall–Kier alpha value is -2.89. The Morgan fingerprint density at radius 1 is 0.960 bits per heavy atom. The fourth-order valence-electron chi connectivity index (χ4n) is 3.15. The minimum Gasteiger partial charge on any atom is -0.454 e. The van der Waals surface area contributed by atoms with Crippen molar-refractivity contribution in [3.8, 4) is 11.5 Å². The monoisotopic (exact) mass is 339 g/mol. The largest absolute Gasteiger partial charge is 0.454 e. The molecule has 0 aliphatic carbocycles. The van der Waals surface area contributed by atoms with E-state index < -0.39 is 0 Å². The summed E-state index contributed by atoms with van der Waals surface area (Å²) in [5, 5.41) is 2.99. The van der Waals surface area contributed by atoms with Crippen LogP contribution in [0.1, 0.15) is 5.56 Å². The van der Waals surface area contributed by atoms with Crippen molar-refractivity contribution in [2.45, 2.75) is 6.54 Å². The van der Waals surface area contributed by atoms with E-state index >= 15 is 0 Å². The van der Waals surface area contributed by atoms with Gasteiger partial charge in [-0.05, 0) is 29.8 Å². The van der Waals surface area contributed by atoms with Gasteiger partial charge in [0.05, 0.1) is 0 Å². The molecule has 1 saturated heterocycles. The van der Waals surface area contributed by atoms with Gasteiger partial charge in [-0.2, -0.15) is 0 Å². The summed E-state index contributed by atoms with van der Waals surface area (Å²) < 4.78 is 10.7. The lowest BCUT2D eigenvalue weighted by Gasteiger charge is -2.36. The smallest absolute Gasteiger partial charge is 0.317 e. The van der Waals surface area contributed by atoms with E-state index in [4.69, 9.17) is 9.47 Å². The molecule has 0 spiro atoms. The Kier molecular flexibility index (Phi) is 4.33. The van der Waals surface area contributed by atoms with Crippen molar-refractivity contribution in [3.63, 3.8) is 0 Å². The second-order valence-corrected chi connectivity index (χ2v) is 6.16. The maximum Gasteiger partial charge on any atom is 0.317 e. The highest BCUT2D eigenvalue weighted by Crippen LogP contribution is 2.32. The number of hydrogen-bond acceptors (Lipinski definition) is 4. The Bertz CT molecular complexity index is 743. The maximum atomic E-state index is 12.4. The first kappa shape index (κ1) is 15.6. The molecule has 0 unspecified atom stereocenters. The first-order valence-corrected chi connectivity index (χ1v) is 8.51. The van der Waals surface area contributed by atoms with Gasteiger partial charge < -0.3 is 24.6 Å². The average Bonchev–Trinajstić information content (AvgIpc) is 3.15. The van der Waals surface area contributed by atoms with Crippen LogP contribution in [0.4, 0.5) is 10.5 Å². The van der Waals surface area contributed by atoms with Crippen molar-refractivity contribution in [2.75, 3.05) is 37.9 Å². The van der Waals surface area contributed by atoms with Crippen molar-refractivity contribution in [2.24, 2.45) is 0 Å². The van der Waals surface area contributed by atoms with Gasteiger partial charge in [0.15, 0.2) is 11.5 Å². The number of amides is 2. The predicted octanol–water partition coefficient (Wildman–Crippen LogP) is 2.45. The van der Waals surface area contributed by atoms with Crippen LogP contribution in [-0.4, -0.2) is 43.9 Å². The lowest BCUT2D eigenvalue weighted by Crippen LogP contribution is -2.51. The van der Waals surface area contributed by atoms with Gasteiger partial charge >= 0.3 is 6.03 Å². The van der Waals surface area contributed by atoms with E-state index in [0.717, 1.165) is 43.2 Å². The van der Waals surface area contributed by atoms with Crippen molar-refractivity contribution in [3.05, 3.63) is 54.1 Å². The van der Waals surface area contributed by atoms with Crippen molar-refractivity contribution in [1.82, 2.24) is 10.2 Å². The molecule has 6 nitrogen and oxygen atoms in total. The number of ether oxygens (including phenoxy) is 2. The molecule has 1 N–H and O–H groups in total. The number of para-hydroxylation sites is 1. The quantitative estimate of drug-likeness (QED) is 0.933. The Morgan fingerprint density at radius 3 is 2.52 bits per heavy atom.